The first-order chi connectivity index (χ1) is 8.81. The summed E-state index contributed by atoms with van der Waals surface area (Å²) in [5.74, 6) is -0.303. The molecule has 0 unspecified atom stereocenters. The van der Waals surface area contributed by atoms with E-state index in [0.717, 1.165) is 16.6 Å². The predicted octanol–water partition coefficient (Wildman–Crippen LogP) is 3.45. The SMILES string of the molecule is Fc1cccc(CBr)c1-n1nnc2ccccc21. The first-order valence-electron chi connectivity index (χ1n) is 5.45. The molecule has 0 N–H and O–H groups in total. The van der Waals surface area contributed by atoms with E-state index >= 15 is 0 Å². The Labute approximate surface area is 111 Å². The molecule has 0 atom stereocenters. The van der Waals surface area contributed by atoms with Crippen LogP contribution in [0.2, 0.25) is 0 Å². The minimum absolute atomic E-state index is 0.303. The van der Waals surface area contributed by atoms with E-state index in [1.54, 1.807) is 10.7 Å². The minimum atomic E-state index is -0.303. The van der Waals surface area contributed by atoms with Crippen LogP contribution in [0.25, 0.3) is 16.7 Å². The number of aromatic nitrogens is 3. The van der Waals surface area contributed by atoms with Crippen molar-refractivity contribution in [1.29, 1.82) is 0 Å². The van der Waals surface area contributed by atoms with Gasteiger partial charge in [0.1, 0.15) is 17.0 Å². The molecule has 5 heteroatoms. The van der Waals surface area contributed by atoms with Crippen LogP contribution in [0.3, 0.4) is 0 Å². The van der Waals surface area contributed by atoms with Crippen LogP contribution >= 0.6 is 15.9 Å². The highest BCUT2D eigenvalue weighted by molar-refractivity contribution is 9.08. The lowest BCUT2D eigenvalue weighted by Gasteiger charge is -2.08. The van der Waals surface area contributed by atoms with E-state index in [4.69, 9.17) is 0 Å². The number of alkyl halides is 1. The van der Waals surface area contributed by atoms with E-state index in [9.17, 15) is 4.39 Å². The lowest BCUT2D eigenvalue weighted by molar-refractivity contribution is 0.607. The van der Waals surface area contributed by atoms with Crippen LogP contribution in [-0.4, -0.2) is 15.0 Å². The van der Waals surface area contributed by atoms with Gasteiger partial charge in [-0.25, -0.2) is 9.07 Å². The van der Waals surface area contributed by atoms with Crippen molar-refractivity contribution < 1.29 is 4.39 Å². The normalized spacial score (nSPS) is 11.0. The Bertz CT molecular complexity index is 708. The van der Waals surface area contributed by atoms with Crippen LogP contribution in [0.1, 0.15) is 5.56 Å². The second-order valence-electron chi connectivity index (χ2n) is 3.87. The summed E-state index contributed by atoms with van der Waals surface area (Å²) in [4.78, 5) is 0. The van der Waals surface area contributed by atoms with Gasteiger partial charge >= 0.3 is 0 Å². The van der Waals surface area contributed by atoms with E-state index in [0.29, 0.717) is 11.0 Å². The fourth-order valence-corrected chi connectivity index (χ4v) is 2.39. The first kappa shape index (κ1) is 11.3. The highest BCUT2D eigenvalue weighted by Gasteiger charge is 2.13. The summed E-state index contributed by atoms with van der Waals surface area (Å²) in [5, 5.41) is 8.65. The van der Waals surface area contributed by atoms with E-state index in [1.165, 1.54) is 6.07 Å². The molecule has 0 saturated heterocycles. The quantitative estimate of drug-likeness (QED) is 0.679. The van der Waals surface area contributed by atoms with Crippen molar-refractivity contribution in [3.63, 3.8) is 0 Å². The Hall–Kier alpha value is -1.75. The molecule has 3 rings (SSSR count). The van der Waals surface area contributed by atoms with Crippen LogP contribution < -0.4 is 0 Å². The summed E-state index contributed by atoms with van der Waals surface area (Å²) < 4.78 is 15.6. The second kappa shape index (κ2) is 4.49. The number of benzene rings is 2. The molecule has 0 aliphatic heterocycles. The van der Waals surface area contributed by atoms with Gasteiger partial charge in [0, 0.05) is 5.33 Å². The van der Waals surface area contributed by atoms with Gasteiger partial charge < -0.3 is 0 Å². The summed E-state index contributed by atoms with van der Waals surface area (Å²) in [5.41, 5.74) is 2.83. The molecule has 18 heavy (non-hydrogen) atoms. The molecule has 0 amide bonds. The lowest BCUT2D eigenvalue weighted by Crippen LogP contribution is -2.03. The van der Waals surface area contributed by atoms with Gasteiger partial charge in [0.2, 0.25) is 0 Å². The highest BCUT2D eigenvalue weighted by Crippen LogP contribution is 2.23. The van der Waals surface area contributed by atoms with Gasteiger partial charge in [-0.2, -0.15) is 0 Å². The molecule has 0 fully saturated rings. The summed E-state index contributed by atoms with van der Waals surface area (Å²) in [6.45, 7) is 0. The average molecular weight is 306 g/mol. The van der Waals surface area contributed by atoms with Crippen LogP contribution in [0, 0.1) is 5.82 Å². The molecule has 0 spiro atoms. The number of para-hydroxylation sites is 2. The van der Waals surface area contributed by atoms with Gasteiger partial charge in [0.05, 0.1) is 5.52 Å². The zero-order valence-electron chi connectivity index (χ0n) is 9.35. The molecule has 0 radical (unpaired) electrons. The number of halogens is 2. The average Bonchev–Trinajstić information content (AvgIpc) is 2.82. The fraction of sp³-hybridized carbons (Fsp3) is 0.0769. The third-order valence-corrected chi connectivity index (χ3v) is 3.38. The molecular weight excluding hydrogens is 297 g/mol. The Morgan fingerprint density at radius 3 is 2.78 bits per heavy atom. The molecule has 0 saturated carbocycles. The molecule has 0 bridgehead atoms. The highest BCUT2D eigenvalue weighted by atomic mass is 79.9. The third-order valence-electron chi connectivity index (χ3n) is 2.78. The van der Waals surface area contributed by atoms with Gasteiger partial charge in [-0.15, -0.1) is 5.10 Å². The van der Waals surface area contributed by atoms with Crippen LogP contribution in [0.15, 0.2) is 42.5 Å². The number of rotatable bonds is 2. The fourth-order valence-electron chi connectivity index (χ4n) is 1.94. The summed E-state index contributed by atoms with van der Waals surface area (Å²) in [6, 6.07) is 12.5. The summed E-state index contributed by atoms with van der Waals surface area (Å²) in [7, 11) is 0. The van der Waals surface area contributed by atoms with E-state index in [2.05, 4.69) is 26.2 Å². The predicted molar refractivity (Wildman–Crippen MR) is 71.5 cm³/mol. The number of nitrogens with zero attached hydrogens (tertiary/aromatic N) is 3. The second-order valence-corrected chi connectivity index (χ2v) is 4.43. The molecule has 2 aromatic carbocycles. The Morgan fingerprint density at radius 1 is 1.11 bits per heavy atom. The zero-order valence-corrected chi connectivity index (χ0v) is 10.9. The third kappa shape index (κ3) is 1.71. The topological polar surface area (TPSA) is 30.7 Å². The van der Waals surface area contributed by atoms with Gasteiger partial charge in [0.25, 0.3) is 0 Å². The smallest absolute Gasteiger partial charge is 0.149 e. The van der Waals surface area contributed by atoms with Crippen molar-refractivity contribution in [2.24, 2.45) is 0 Å². The summed E-state index contributed by atoms with van der Waals surface area (Å²) in [6.07, 6.45) is 0. The maximum absolute atomic E-state index is 14.0. The minimum Gasteiger partial charge on any atom is -0.210 e. The first-order valence-corrected chi connectivity index (χ1v) is 6.57. The maximum atomic E-state index is 14.0. The monoisotopic (exact) mass is 305 g/mol. The Morgan fingerprint density at radius 2 is 1.94 bits per heavy atom. The van der Waals surface area contributed by atoms with Crippen LogP contribution in [0.5, 0.6) is 0 Å². The van der Waals surface area contributed by atoms with Crippen molar-refractivity contribution >= 4 is 27.0 Å². The molecule has 3 aromatic rings. The Kier molecular flexibility index (Phi) is 2.83. The molecule has 0 aliphatic rings. The maximum Gasteiger partial charge on any atom is 0.149 e. The number of hydrogen-bond acceptors (Lipinski definition) is 2. The zero-order chi connectivity index (χ0) is 12.5. The van der Waals surface area contributed by atoms with E-state index in [1.807, 2.05) is 30.3 Å². The molecule has 0 aliphatic carbocycles. The van der Waals surface area contributed by atoms with Gasteiger partial charge in [-0.3, -0.25) is 0 Å². The molecular formula is C13H9BrFN3. The standard InChI is InChI=1S/C13H9BrFN3/c14-8-9-4-3-5-10(15)13(9)18-12-7-2-1-6-11(12)16-17-18/h1-7H,8H2. The van der Waals surface area contributed by atoms with Crippen molar-refractivity contribution in [2.45, 2.75) is 5.33 Å². The Balaban J connectivity index is 2.33. The van der Waals surface area contributed by atoms with Crippen LogP contribution in [0.4, 0.5) is 4.39 Å². The van der Waals surface area contributed by atoms with Crippen molar-refractivity contribution in [2.75, 3.05) is 0 Å². The molecule has 1 aromatic heterocycles. The lowest BCUT2D eigenvalue weighted by atomic mass is 10.2. The van der Waals surface area contributed by atoms with Crippen molar-refractivity contribution in [3.8, 4) is 5.69 Å². The van der Waals surface area contributed by atoms with E-state index < -0.39 is 0 Å². The van der Waals surface area contributed by atoms with Gasteiger partial charge in [0.15, 0.2) is 0 Å². The van der Waals surface area contributed by atoms with Gasteiger partial charge in [-0.05, 0) is 23.8 Å². The largest absolute Gasteiger partial charge is 0.210 e. The van der Waals surface area contributed by atoms with E-state index in [-0.39, 0.29) is 5.82 Å². The molecule has 1 heterocycles. The number of fused-ring (bicyclic) bond motifs is 1. The summed E-state index contributed by atoms with van der Waals surface area (Å²) >= 11 is 3.36. The number of hydrogen-bond donors (Lipinski definition) is 0. The van der Waals surface area contributed by atoms with Gasteiger partial charge in [-0.1, -0.05) is 45.4 Å². The van der Waals surface area contributed by atoms with Crippen molar-refractivity contribution in [1.82, 2.24) is 15.0 Å². The van der Waals surface area contributed by atoms with Crippen molar-refractivity contribution in [3.05, 3.63) is 53.8 Å². The van der Waals surface area contributed by atoms with Crippen LogP contribution in [-0.2, 0) is 5.33 Å². The molecule has 3 nitrogen and oxygen atoms in total. The molecule has 90 valence electrons.